The van der Waals surface area contributed by atoms with Crippen LogP contribution >= 0.6 is 11.3 Å². The third-order valence-corrected chi connectivity index (χ3v) is 3.85. The molecule has 1 heterocycles. The fraction of sp³-hybridized carbons (Fsp3) is 0.286. The van der Waals surface area contributed by atoms with E-state index in [0.717, 1.165) is 16.1 Å². The number of benzene rings is 1. The van der Waals surface area contributed by atoms with E-state index in [9.17, 15) is 4.79 Å². The number of aromatic nitrogens is 1. The lowest BCUT2D eigenvalue weighted by molar-refractivity contribution is 0.0701. The number of hydrogen-bond donors (Lipinski definition) is 1. The van der Waals surface area contributed by atoms with Crippen molar-refractivity contribution in [3.05, 3.63) is 40.4 Å². The van der Waals surface area contributed by atoms with Gasteiger partial charge in [-0.05, 0) is 18.1 Å². The summed E-state index contributed by atoms with van der Waals surface area (Å²) in [5.74, 6) is -0.909. The third-order valence-electron chi connectivity index (χ3n) is 2.71. The molecule has 0 saturated heterocycles. The first kappa shape index (κ1) is 13.7. The van der Waals surface area contributed by atoms with Gasteiger partial charge < -0.3 is 9.84 Å². The predicted molar refractivity (Wildman–Crippen MR) is 74.6 cm³/mol. The van der Waals surface area contributed by atoms with Gasteiger partial charge in [-0.25, -0.2) is 9.78 Å². The molecule has 2 rings (SSSR count). The van der Waals surface area contributed by atoms with Crippen molar-refractivity contribution < 1.29 is 14.6 Å². The quantitative estimate of drug-likeness (QED) is 0.911. The van der Waals surface area contributed by atoms with Gasteiger partial charge >= 0.3 is 5.97 Å². The van der Waals surface area contributed by atoms with Crippen molar-refractivity contribution in [1.82, 2.24) is 4.98 Å². The van der Waals surface area contributed by atoms with Crippen molar-refractivity contribution in [1.29, 1.82) is 0 Å². The molecule has 0 unspecified atom stereocenters. The minimum Gasteiger partial charge on any atom is -0.477 e. The zero-order valence-electron chi connectivity index (χ0n) is 10.8. The Balaban J connectivity index is 2.41. The minimum atomic E-state index is -0.909. The number of methoxy groups -OCH3 is 1. The second kappa shape index (κ2) is 5.95. The molecule has 0 spiro atoms. The summed E-state index contributed by atoms with van der Waals surface area (Å²) in [7, 11) is 1.65. The predicted octanol–water partition coefficient (Wildman–Crippen LogP) is 3.22. The average molecular weight is 277 g/mol. The Morgan fingerprint density at radius 2 is 2.26 bits per heavy atom. The van der Waals surface area contributed by atoms with E-state index in [-0.39, 0.29) is 0 Å². The number of carbonyl (C=O) groups is 1. The standard InChI is InChI=1S/C14H15NO3S/c1-3-11-12(14(16)17)19-13(15-11)10-6-4-5-9(7-10)8-18-2/h4-7H,3,8H2,1-2H3,(H,16,17). The zero-order valence-corrected chi connectivity index (χ0v) is 11.7. The van der Waals surface area contributed by atoms with Crippen LogP contribution in [0.25, 0.3) is 10.6 Å². The van der Waals surface area contributed by atoms with Crippen LogP contribution in [-0.4, -0.2) is 23.2 Å². The molecular weight excluding hydrogens is 262 g/mol. The number of ether oxygens (including phenoxy) is 1. The maximum absolute atomic E-state index is 11.1. The van der Waals surface area contributed by atoms with Crippen LogP contribution in [0.15, 0.2) is 24.3 Å². The molecule has 0 amide bonds. The minimum absolute atomic E-state index is 0.328. The topological polar surface area (TPSA) is 59.4 Å². The Morgan fingerprint density at radius 3 is 2.84 bits per heavy atom. The summed E-state index contributed by atoms with van der Waals surface area (Å²) >= 11 is 1.22. The van der Waals surface area contributed by atoms with Crippen molar-refractivity contribution >= 4 is 17.3 Å². The number of rotatable bonds is 5. The van der Waals surface area contributed by atoms with Gasteiger partial charge in [0.25, 0.3) is 0 Å². The highest BCUT2D eigenvalue weighted by Gasteiger charge is 2.16. The normalized spacial score (nSPS) is 10.6. The first-order valence-electron chi connectivity index (χ1n) is 5.97. The molecule has 100 valence electrons. The number of aryl methyl sites for hydroxylation is 1. The van der Waals surface area contributed by atoms with E-state index < -0.39 is 5.97 Å². The maximum atomic E-state index is 11.1. The van der Waals surface area contributed by atoms with Crippen LogP contribution < -0.4 is 0 Å². The molecule has 0 saturated carbocycles. The molecule has 0 bridgehead atoms. The van der Waals surface area contributed by atoms with Crippen LogP contribution in [-0.2, 0) is 17.8 Å². The van der Waals surface area contributed by atoms with Gasteiger partial charge in [0.15, 0.2) is 0 Å². The second-order valence-corrected chi connectivity index (χ2v) is 5.09. The molecule has 0 radical (unpaired) electrons. The molecule has 2 aromatic rings. The number of nitrogens with zero attached hydrogens (tertiary/aromatic N) is 1. The number of carboxylic acids is 1. The lowest BCUT2D eigenvalue weighted by Crippen LogP contribution is -1.97. The van der Waals surface area contributed by atoms with Crippen LogP contribution in [0.1, 0.15) is 27.9 Å². The highest BCUT2D eigenvalue weighted by Crippen LogP contribution is 2.29. The first-order chi connectivity index (χ1) is 9.15. The summed E-state index contributed by atoms with van der Waals surface area (Å²) in [5, 5.41) is 9.89. The van der Waals surface area contributed by atoms with Crippen LogP contribution in [0.4, 0.5) is 0 Å². The molecule has 1 aromatic heterocycles. The fourth-order valence-electron chi connectivity index (χ4n) is 1.84. The Hall–Kier alpha value is -1.72. The van der Waals surface area contributed by atoms with E-state index in [4.69, 9.17) is 9.84 Å². The summed E-state index contributed by atoms with van der Waals surface area (Å²) in [6.07, 6.45) is 0.621. The first-order valence-corrected chi connectivity index (χ1v) is 6.78. The Kier molecular flexibility index (Phi) is 4.29. The summed E-state index contributed by atoms with van der Waals surface area (Å²) in [6.45, 7) is 2.44. The number of aromatic carboxylic acids is 1. The second-order valence-electron chi connectivity index (χ2n) is 4.09. The number of carboxylic acid groups (broad SMARTS) is 1. The van der Waals surface area contributed by atoms with Gasteiger partial charge in [0.2, 0.25) is 0 Å². The van der Waals surface area contributed by atoms with Crippen LogP contribution in [0.5, 0.6) is 0 Å². The Morgan fingerprint density at radius 1 is 1.47 bits per heavy atom. The molecule has 19 heavy (non-hydrogen) atoms. The summed E-state index contributed by atoms with van der Waals surface area (Å²) < 4.78 is 5.10. The summed E-state index contributed by atoms with van der Waals surface area (Å²) in [4.78, 5) is 15.9. The van der Waals surface area contributed by atoms with Gasteiger partial charge in [0, 0.05) is 12.7 Å². The maximum Gasteiger partial charge on any atom is 0.347 e. The molecule has 0 aliphatic carbocycles. The van der Waals surface area contributed by atoms with E-state index in [1.807, 2.05) is 31.2 Å². The monoisotopic (exact) mass is 277 g/mol. The molecule has 0 atom stereocenters. The van der Waals surface area contributed by atoms with Crippen molar-refractivity contribution in [2.24, 2.45) is 0 Å². The van der Waals surface area contributed by atoms with E-state index in [1.165, 1.54) is 11.3 Å². The van der Waals surface area contributed by atoms with Gasteiger partial charge in [-0.1, -0.05) is 25.1 Å². The highest BCUT2D eigenvalue weighted by molar-refractivity contribution is 7.17. The molecule has 1 aromatic carbocycles. The van der Waals surface area contributed by atoms with Gasteiger partial charge in [-0.15, -0.1) is 11.3 Å². The van der Waals surface area contributed by atoms with Crippen molar-refractivity contribution in [3.8, 4) is 10.6 Å². The van der Waals surface area contributed by atoms with Gasteiger partial charge in [0.05, 0.1) is 12.3 Å². The highest BCUT2D eigenvalue weighted by atomic mass is 32.1. The smallest absolute Gasteiger partial charge is 0.347 e. The van der Waals surface area contributed by atoms with Crippen LogP contribution in [0, 0.1) is 0 Å². The van der Waals surface area contributed by atoms with Crippen molar-refractivity contribution in [2.45, 2.75) is 20.0 Å². The molecule has 5 heteroatoms. The Bertz CT molecular complexity index is 592. The third kappa shape index (κ3) is 3.00. The number of thiazole rings is 1. The summed E-state index contributed by atoms with van der Waals surface area (Å²) in [5.41, 5.74) is 2.62. The van der Waals surface area contributed by atoms with Gasteiger partial charge in [-0.3, -0.25) is 0 Å². The zero-order chi connectivity index (χ0) is 13.8. The molecule has 0 fully saturated rings. The fourth-order valence-corrected chi connectivity index (χ4v) is 2.83. The molecule has 0 aliphatic rings. The van der Waals surface area contributed by atoms with Crippen molar-refractivity contribution in [3.63, 3.8) is 0 Å². The van der Waals surface area contributed by atoms with Crippen LogP contribution in [0.3, 0.4) is 0 Å². The van der Waals surface area contributed by atoms with E-state index in [1.54, 1.807) is 7.11 Å². The van der Waals surface area contributed by atoms with Crippen molar-refractivity contribution in [2.75, 3.05) is 7.11 Å². The van der Waals surface area contributed by atoms with Gasteiger partial charge in [-0.2, -0.15) is 0 Å². The molecule has 1 N–H and O–H groups in total. The van der Waals surface area contributed by atoms with Crippen LogP contribution in [0.2, 0.25) is 0 Å². The Labute approximate surface area is 115 Å². The van der Waals surface area contributed by atoms with E-state index in [0.29, 0.717) is 23.6 Å². The average Bonchev–Trinajstić information content (AvgIpc) is 2.84. The molecular formula is C14H15NO3S. The molecule has 4 nitrogen and oxygen atoms in total. The molecule has 0 aliphatic heterocycles. The number of hydrogen-bond acceptors (Lipinski definition) is 4. The van der Waals surface area contributed by atoms with E-state index in [2.05, 4.69) is 4.98 Å². The lowest BCUT2D eigenvalue weighted by atomic mass is 10.1. The lowest BCUT2D eigenvalue weighted by Gasteiger charge is -2.01. The van der Waals surface area contributed by atoms with Gasteiger partial charge in [0.1, 0.15) is 9.88 Å². The van der Waals surface area contributed by atoms with E-state index >= 15 is 0 Å². The summed E-state index contributed by atoms with van der Waals surface area (Å²) in [6, 6.07) is 7.81. The largest absolute Gasteiger partial charge is 0.477 e. The SMILES string of the molecule is CCc1nc(-c2cccc(COC)c2)sc1C(=O)O.